The van der Waals surface area contributed by atoms with Gasteiger partial charge in [0.05, 0.1) is 0 Å². The third-order valence-corrected chi connectivity index (χ3v) is 5.40. The molecular weight excluding hydrogens is 405 g/mol. The van der Waals surface area contributed by atoms with Crippen molar-refractivity contribution in [3.05, 3.63) is 53.6 Å². The fourth-order valence-electron chi connectivity index (χ4n) is 3.48. The molecule has 2 heterocycles. The molecule has 2 aromatic carbocycles. The largest absolute Gasteiger partial charge is 1.00 e. The molecule has 0 spiro atoms. The monoisotopic (exact) mass is 427 g/mol. The van der Waals surface area contributed by atoms with Crippen LogP contribution in [0.25, 0.3) is 0 Å². The first-order valence-corrected chi connectivity index (χ1v) is 10.5. The van der Waals surface area contributed by atoms with Crippen LogP contribution in [0.5, 0.6) is 11.5 Å². The Morgan fingerprint density at radius 2 is 1.41 bits per heavy atom. The standard InChI is InChI=1S/C19H23N3O5S.Na/c23-28(24,25)20-17-4-1-15(2-5-17)12-21-7-9-22(10-8-21)13-16-3-6-18-19(11-16)27-14-26-18;/h1-6,11,20H,7-10,12-14H2,(H,23,24,25);/q;+1/p-1. The first kappa shape index (κ1) is 22.4. The summed E-state index contributed by atoms with van der Waals surface area (Å²) in [4.78, 5) is 4.78. The number of ether oxygens (including phenoxy) is 2. The van der Waals surface area contributed by atoms with Crippen LogP contribution in [0, 0.1) is 0 Å². The zero-order chi connectivity index (χ0) is 19.6. The molecule has 10 heteroatoms. The summed E-state index contributed by atoms with van der Waals surface area (Å²) in [6.45, 7) is 5.84. The molecule has 2 aromatic rings. The van der Waals surface area contributed by atoms with Crippen molar-refractivity contribution in [2.75, 3.05) is 37.7 Å². The summed E-state index contributed by atoms with van der Waals surface area (Å²) in [5.74, 6) is 1.63. The molecule has 0 radical (unpaired) electrons. The SMILES string of the molecule is O=S(=O)([O-])Nc1ccc(CN2CCN(Cc3ccc4c(c3)OCO4)CC2)cc1.[Na+]. The van der Waals surface area contributed by atoms with E-state index in [4.69, 9.17) is 9.47 Å². The number of hydrogen-bond acceptors (Lipinski definition) is 7. The molecule has 0 unspecified atom stereocenters. The van der Waals surface area contributed by atoms with Crippen LogP contribution in [0.1, 0.15) is 11.1 Å². The van der Waals surface area contributed by atoms with Crippen molar-refractivity contribution in [1.82, 2.24) is 9.80 Å². The maximum Gasteiger partial charge on any atom is 1.00 e. The van der Waals surface area contributed by atoms with Gasteiger partial charge in [-0.05, 0) is 35.4 Å². The number of fused-ring (bicyclic) bond motifs is 1. The van der Waals surface area contributed by atoms with Crippen LogP contribution in [-0.2, 0) is 23.4 Å². The average molecular weight is 427 g/mol. The van der Waals surface area contributed by atoms with E-state index in [1.54, 1.807) is 12.1 Å². The Bertz CT molecular complexity index is 931. The van der Waals surface area contributed by atoms with Gasteiger partial charge in [-0.15, -0.1) is 0 Å². The second-order valence-corrected chi connectivity index (χ2v) is 8.11. The van der Waals surface area contributed by atoms with Gasteiger partial charge < -0.3 is 14.0 Å². The van der Waals surface area contributed by atoms with Gasteiger partial charge in [-0.25, -0.2) is 8.42 Å². The van der Waals surface area contributed by atoms with Crippen LogP contribution in [0.4, 0.5) is 5.69 Å². The van der Waals surface area contributed by atoms with Gasteiger partial charge in [0.25, 0.3) is 0 Å². The zero-order valence-electron chi connectivity index (χ0n) is 16.3. The van der Waals surface area contributed by atoms with Crippen LogP contribution in [-0.4, -0.2) is 55.7 Å². The van der Waals surface area contributed by atoms with Gasteiger partial charge in [0.15, 0.2) is 21.8 Å². The number of rotatable bonds is 6. The van der Waals surface area contributed by atoms with Gasteiger partial charge in [0.1, 0.15) is 0 Å². The van der Waals surface area contributed by atoms with Gasteiger partial charge >= 0.3 is 29.6 Å². The van der Waals surface area contributed by atoms with Crippen LogP contribution in [0.3, 0.4) is 0 Å². The molecule has 4 rings (SSSR count). The summed E-state index contributed by atoms with van der Waals surface area (Å²) < 4.78 is 44.9. The van der Waals surface area contributed by atoms with Crippen LogP contribution >= 0.6 is 0 Å². The van der Waals surface area contributed by atoms with Crippen molar-refractivity contribution < 1.29 is 52.0 Å². The molecule has 29 heavy (non-hydrogen) atoms. The topological polar surface area (TPSA) is 94.2 Å². The number of piperazine rings is 1. The Labute approximate surface area is 193 Å². The summed E-state index contributed by atoms with van der Waals surface area (Å²) >= 11 is 0. The summed E-state index contributed by atoms with van der Waals surface area (Å²) in [5.41, 5.74) is 2.58. The van der Waals surface area contributed by atoms with Crippen molar-refractivity contribution in [3.8, 4) is 11.5 Å². The fraction of sp³-hybridized carbons (Fsp3) is 0.368. The molecular formula is C19H22N3NaO5S. The second-order valence-electron chi connectivity index (χ2n) is 6.99. The minimum absolute atomic E-state index is 0. The molecule has 8 nitrogen and oxygen atoms in total. The first-order chi connectivity index (χ1) is 13.4. The zero-order valence-corrected chi connectivity index (χ0v) is 19.2. The quantitative estimate of drug-likeness (QED) is 0.448. The minimum atomic E-state index is -4.48. The number of anilines is 1. The molecule has 0 bridgehead atoms. The Balaban J connectivity index is 0.00000240. The van der Waals surface area contributed by atoms with E-state index in [0.717, 1.165) is 56.3 Å². The van der Waals surface area contributed by atoms with E-state index in [2.05, 4.69) is 15.9 Å². The van der Waals surface area contributed by atoms with Crippen molar-refractivity contribution >= 4 is 16.0 Å². The van der Waals surface area contributed by atoms with Crippen LogP contribution in [0.15, 0.2) is 42.5 Å². The molecule has 1 N–H and O–H groups in total. The average Bonchev–Trinajstić information content (AvgIpc) is 3.12. The Morgan fingerprint density at radius 3 is 2.03 bits per heavy atom. The minimum Gasteiger partial charge on any atom is -0.731 e. The molecule has 0 aliphatic carbocycles. The third kappa shape index (κ3) is 6.32. The molecule has 0 saturated carbocycles. The van der Waals surface area contributed by atoms with Crippen molar-refractivity contribution in [3.63, 3.8) is 0 Å². The maximum absolute atomic E-state index is 10.7. The number of hydrogen-bond donors (Lipinski definition) is 1. The summed E-state index contributed by atoms with van der Waals surface area (Å²) in [6, 6.07) is 13.0. The summed E-state index contributed by atoms with van der Waals surface area (Å²) in [5, 5.41) is 0. The third-order valence-electron chi connectivity index (χ3n) is 4.91. The number of benzene rings is 2. The normalized spacial score (nSPS) is 17.0. The molecule has 0 amide bonds. The van der Waals surface area contributed by atoms with E-state index in [0.29, 0.717) is 6.79 Å². The van der Waals surface area contributed by atoms with Gasteiger partial charge in [0, 0.05) is 45.0 Å². The Kier molecular flexibility index (Phi) is 7.44. The van der Waals surface area contributed by atoms with Gasteiger partial charge in [-0.1, -0.05) is 18.2 Å². The van der Waals surface area contributed by atoms with Crippen LogP contribution < -0.4 is 43.8 Å². The summed E-state index contributed by atoms with van der Waals surface area (Å²) in [6.07, 6.45) is 0. The maximum atomic E-state index is 10.7. The smallest absolute Gasteiger partial charge is 0.731 e. The molecule has 1 saturated heterocycles. The van der Waals surface area contributed by atoms with Crippen molar-refractivity contribution in [1.29, 1.82) is 0 Å². The molecule has 2 aliphatic heterocycles. The van der Waals surface area contributed by atoms with E-state index >= 15 is 0 Å². The van der Waals surface area contributed by atoms with E-state index in [1.165, 1.54) is 5.56 Å². The number of nitrogens with zero attached hydrogens (tertiary/aromatic N) is 2. The molecule has 0 atom stereocenters. The van der Waals surface area contributed by atoms with Crippen LogP contribution in [0.2, 0.25) is 0 Å². The molecule has 0 aromatic heterocycles. The predicted molar refractivity (Wildman–Crippen MR) is 103 cm³/mol. The predicted octanol–water partition coefficient (Wildman–Crippen LogP) is -1.39. The Morgan fingerprint density at radius 1 is 0.862 bits per heavy atom. The van der Waals surface area contributed by atoms with E-state index < -0.39 is 10.3 Å². The molecule has 2 aliphatic rings. The molecule has 1 fully saturated rings. The molecule has 150 valence electrons. The van der Waals surface area contributed by atoms with Crippen molar-refractivity contribution in [2.45, 2.75) is 13.1 Å². The fourth-order valence-corrected chi connectivity index (χ4v) is 3.91. The van der Waals surface area contributed by atoms with Gasteiger partial charge in [-0.2, -0.15) is 0 Å². The van der Waals surface area contributed by atoms with E-state index in [1.807, 2.05) is 29.0 Å². The van der Waals surface area contributed by atoms with Crippen molar-refractivity contribution in [2.24, 2.45) is 0 Å². The number of nitrogens with one attached hydrogen (secondary N) is 1. The van der Waals surface area contributed by atoms with E-state index in [-0.39, 0.29) is 35.2 Å². The Hall–Kier alpha value is -1.33. The first-order valence-electron chi connectivity index (χ1n) is 9.10. The van der Waals surface area contributed by atoms with Gasteiger partial charge in [-0.3, -0.25) is 14.5 Å². The van der Waals surface area contributed by atoms with E-state index in [9.17, 15) is 13.0 Å². The van der Waals surface area contributed by atoms with Gasteiger partial charge in [0.2, 0.25) is 6.79 Å². The second kappa shape index (κ2) is 9.65. The summed E-state index contributed by atoms with van der Waals surface area (Å²) in [7, 11) is -4.48.